The number of hydrogen-bond donors (Lipinski definition) is 0. The lowest BCUT2D eigenvalue weighted by Gasteiger charge is -2.29. The number of non-ortho nitro benzene ring substituents is 1. The second-order valence-corrected chi connectivity index (χ2v) is 11.1. The number of hydrogen-bond acceptors (Lipinski definition) is 8. The van der Waals surface area contributed by atoms with E-state index in [0.717, 1.165) is 36.1 Å². The summed E-state index contributed by atoms with van der Waals surface area (Å²) >= 11 is 1.42. The van der Waals surface area contributed by atoms with Gasteiger partial charge < -0.3 is 4.84 Å². The van der Waals surface area contributed by atoms with E-state index in [-0.39, 0.29) is 41.4 Å². The van der Waals surface area contributed by atoms with Gasteiger partial charge in [0.15, 0.2) is 0 Å². The van der Waals surface area contributed by atoms with Crippen molar-refractivity contribution in [3.8, 4) is 6.07 Å². The lowest BCUT2D eigenvalue weighted by atomic mass is 9.71. The van der Waals surface area contributed by atoms with Gasteiger partial charge in [-0.05, 0) is 43.6 Å². The molecule has 3 aliphatic carbocycles. The van der Waals surface area contributed by atoms with Crippen molar-refractivity contribution in [2.24, 2.45) is 34.7 Å². The van der Waals surface area contributed by atoms with E-state index >= 15 is 0 Å². The Morgan fingerprint density at radius 3 is 2.69 bits per heavy atom. The van der Waals surface area contributed by atoms with E-state index in [9.17, 15) is 25.0 Å². The number of nitro benzene ring substituents is 1. The molecule has 35 heavy (non-hydrogen) atoms. The van der Waals surface area contributed by atoms with Crippen LogP contribution in [0.3, 0.4) is 0 Å². The highest BCUT2D eigenvalue weighted by atomic mass is 32.1. The molecule has 9 nitrogen and oxygen atoms in total. The Morgan fingerprint density at radius 1 is 1.14 bits per heavy atom. The van der Waals surface area contributed by atoms with Gasteiger partial charge >= 0.3 is 0 Å². The minimum Gasteiger partial charge on any atom is -0.391 e. The maximum absolute atomic E-state index is 13.8. The zero-order chi connectivity index (χ0) is 24.0. The summed E-state index contributed by atoms with van der Waals surface area (Å²) in [6.45, 7) is 0. The van der Waals surface area contributed by atoms with E-state index in [1.807, 2.05) is 0 Å². The number of thiophene rings is 1. The Hall–Kier alpha value is -3.58. The zero-order valence-corrected chi connectivity index (χ0v) is 19.4. The van der Waals surface area contributed by atoms with Gasteiger partial charge in [-0.2, -0.15) is 5.26 Å². The molecule has 2 saturated carbocycles. The molecule has 3 heterocycles. The van der Waals surface area contributed by atoms with Gasteiger partial charge in [-0.25, -0.2) is 4.90 Å². The second-order valence-electron chi connectivity index (χ2n) is 10.0. The Kier molecular flexibility index (Phi) is 4.28. The normalized spacial score (nSPS) is 32.1. The number of fused-ring (bicyclic) bond motifs is 9. The molecule has 2 aliphatic heterocycles. The molecule has 2 amide bonds. The fourth-order valence-corrected chi connectivity index (χ4v) is 8.52. The minimum absolute atomic E-state index is 0.0290. The fourth-order valence-electron chi connectivity index (χ4n) is 7.17. The second kappa shape index (κ2) is 7.21. The number of aryl methyl sites for hydroxylation is 1. The molecule has 176 valence electrons. The van der Waals surface area contributed by atoms with Gasteiger partial charge in [-0.15, -0.1) is 11.3 Å². The van der Waals surface area contributed by atoms with Crippen molar-refractivity contribution >= 4 is 39.6 Å². The summed E-state index contributed by atoms with van der Waals surface area (Å²) in [5, 5.41) is 25.9. The van der Waals surface area contributed by atoms with Crippen LogP contribution in [0.2, 0.25) is 0 Å². The van der Waals surface area contributed by atoms with Crippen LogP contribution in [0.25, 0.3) is 0 Å². The van der Waals surface area contributed by atoms with E-state index < -0.39 is 16.8 Å². The molecular formula is C25H20N4O5S. The first-order valence-electron chi connectivity index (χ1n) is 11.9. The van der Waals surface area contributed by atoms with Gasteiger partial charge in [0.25, 0.3) is 5.69 Å². The van der Waals surface area contributed by atoms with Crippen LogP contribution in [-0.4, -0.2) is 28.6 Å². The Morgan fingerprint density at radius 2 is 1.91 bits per heavy atom. The number of carbonyl (C=O) groups excluding carboxylic acids is 2. The molecule has 5 aliphatic rings. The zero-order valence-electron chi connectivity index (χ0n) is 18.5. The SMILES string of the molecule is N#Cc1c(N2C(=O)[C@@H]3[C@@H]4C[C@@H]([C@H]5C(c6cccc([N+](=O)[O-])c6)=NO[C@@H]45)[C@@H]3C2=O)sc2c1CCCC2. The van der Waals surface area contributed by atoms with Crippen molar-refractivity contribution < 1.29 is 19.3 Å². The molecule has 0 spiro atoms. The summed E-state index contributed by atoms with van der Waals surface area (Å²) in [6, 6.07) is 8.57. The fraction of sp³-hybridized carbons (Fsp3) is 0.440. The summed E-state index contributed by atoms with van der Waals surface area (Å²) < 4.78 is 0. The number of carbonyl (C=O) groups is 2. The maximum Gasteiger partial charge on any atom is 0.270 e. The highest BCUT2D eigenvalue weighted by molar-refractivity contribution is 7.17. The highest BCUT2D eigenvalue weighted by Gasteiger charge is 2.70. The molecule has 2 aromatic rings. The van der Waals surface area contributed by atoms with E-state index in [1.165, 1.54) is 28.4 Å². The van der Waals surface area contributed by atoms with Crippen molar-refractivity contribution in [1.29, 1.82) is 5.26 Å². The quantitative estimate of drug-likeness (QED) is 0.369. The molecule has 0 unspecified atom stereocenters. The van der Waals surface area contributed by atoms with E-state index in [1.54, 1.807) is 12.1 Å². The first kappa shape index (κ1) is 20.8. The molecule has 3 fully saturated rings. The molecule has 2 bridgehead atoms. The number of benzene rings is 1. The molecule has 1 aromatic heterocycles. The monoisotopic (exact) mass is 488 g/mol. The Balaban J connectivity index is 1.24. The minimum atomic E-state index is -0.481. The number of nitriles is 1. The van der Waals surface area contributed by atoms with Crippen molar-refractivity contribution in [3.63, 3.8) is 0 Å². The van der Waals surface area contributed by atoms with Crippen LogP contribution >= 0.6 is 11.3 Å². The van der Waals surface area contributed by atoms with E-state index in [0.29, 0.717) is 28.3 Å². The summed E-state index contributed by atoms with van der Waals surface area (Å²) in [5.74, 6) is -1.87. The number of rotatable bonds is 3. The average Bonchev–Trinajstić information content (AvgIpc) is 3.65. The highest BCUT2D eigenvalue weighted by Crippen LogP contribution is 2.62. The van der Waals surface area contributed by atoms with Crippen LogP contribution in [-0.2, 0) is 27.3 Å². The summed E-state index contributed by atoms with van der Waals surface area (Å²) in [7, 11) is 0. The molecule has 0 N–H and O–H groups in total. The largest absolute Gasteiger partial charge is 0.391 e. The van der Waals surface area contributed by atoms with Gasteiger partial charge in [0.2, 0.25) is 11.8 Å². The van der Waals surface area contributed by atoms with Gasteiger partial charge in [0.1, 0.15) is 17.2 Å². The maximum atomic E-state index is 13.8. The average molecular weight is 489 g/mol. The molecule has 10 heteroatoms. The molecule has 6 atom stereocenters. The number of nitrogens with zero attached hydrogens (tertiary/aromatic N) is 4. The molecule has 1 aromatic carbocycles. The third-order valence-electron chi connectivity index (χ3n) is 8.51. The summed E-state index contributed by atoms with van der Waals surface area (Å²) in [4.78, 5) is 46.5. The topological polar surface area (TPSA) is 126 Å². The van der Waals surface area contributed by atoms with E-state index in [4.69, 9.17) is 4.84 Å². The lowest BCUT2D eigenvalue weighted by Crippen LogP contribution is -2.41. The van der Waals surface area contributed by atoms with Crippen LogP contribution < -0.4 is 4.90 Å². The first-order chi connectivity index (χ1) is 17.0. The number of anilines is 1. The van der Waals surface area contributed by atoms with Crippen molar-refractivity contribution in [1.82, 2.24) is 0 Å². The summed E-state index contributed by atoms with van der Waals surface area (Å²) in [6.07, 6.45) is 4.12. The third kappa shape index (κ3) is 2.64. The molecule has 0 radical (unpaired) electrons. The van der Waals surface area contributed by atoms with Gasteiger partial charge in [0.05, 0.1) is 28.0 Å². The van der Waals surface area contributed by atoms with Gasteiger partial charge in [-0.1, -0.05) is 17.3 Å². The standard InChI is InChI=1S/C25H20N4O5S/c26-10-16-13-6-1-2-7-17(13)35-25(16)28-23(30)18-14-9-15(19(18)24(28)31)22-20(14)21(27-34-22)11-4-3-5-12(8-11)29(32)33/h3-5,8,14-15,18-20,22H,1-2,6-7,9H2/t14-,15+,18+,19-,20+,22+/m1/s1. The van der Waals surface area contributed by atoms with Crippen LogP contribution in [0.5, 0.6) is 0 Å². The van der Waals surface area contributed by atoms with Crippen LogP contribution in [0, 0.1) is 51.0 Å². The predicted molar refractivity (Wildman–Crippen MR) is 125 cm³/mol. The lowest BCUT2D eigenvalue weighted by molar-refractivity contribution is -0.384. The molecule has 1 saturated heterocycles. The van der Waals surface area contributed by atoms with Crippen molar-refractivity contribution in [2.45, 2.75) is 38.2 Å². The van der Waals surface area contributed by atoms with Gasteiger partial charge in [-0.3, -0.25) is 19.7 Å². The first-order valence-corrected chi connectivity index (χ1v) is 12.7. The Bertz CT molecular complexity index is 1410. The van der Waals surface area contributed by atoms with Gasteiger partial charge in [0, 0.05) is 34.4 Å². The van der Waals surface area contributed by atoms with Crippen LogP contribution in [0.1, 0.15) is 40.8 Å². The van der Waals surface area contributed by atoms with Crippen molar-refractivity contribution in [3.05, 3.63) is 55.9 Å². The van der Waals surface area contributed by atoms with E-state index in [2.05, 4.69) is 11.2 Å². The smallest absolute Gasteiger partial charge is 0.270 e. The Labute approximate surface area is 204 Å². The third-order valence-corrected chi connectivity index (χ3v) is 9.79. The summed E-state index contributed by atoms with van der Waals surface area (Å²) in [5.41, 5.74) is 2.68. The number of oxime groups is 1. The number of nitro groups is 1. The number of amides is 2. The van der Waals surface area contributed by atoms with Crippen LogP contribution in [0.4, 0.5) is 10.7 Å². The van der Waals surface area contributed by atoms with Crippen molar-refractivity contribution in [2.75, 3.05) is 4.90 Å². The predicted octanol–water partition coefficient (Wildman–Crippen LogP) is 3.58. The molecule has 7 rings (SSSR count). The number of imide groups is 1. The van der Waals surface area contributed by atoms with Crippen LogP contribution in [0.15, 0.2) is 29.4 Å². The molecular weight excluding hydrogens is 468 g/mol.